The van der Waals surface area contributed by atoms with Gasteiger partial charge in [0.05, 0.1) is 0 Å². The monoisotopic (exact) mass is 235 g/mol. The van der Waals surface area contributed by atoms with Crippen LogP contribution < -0.4 is 11.1 Å². The van der Waals surface area contributed by atoms with Crippen LogP contribution >= 0.6 is 0 Å². The highest BCUT2D eigenvalue weighted by molar-refractivity contribution is 5.33. The summed E-state index contributed by atoms with van der Waals surface area (Å²) in [4.78, 5) is 12.7. The van der Waals surface area contributed by atoms with Crippen molar-refractivity contribution in [2.24, 2.45) is 5.92 Å². The van der Waals surface area contributed by atoms with E-state index >= 15 is 0 Å². The van der Waals surface area contributed by atoms with E-state index < -0.39 is 0 Å². The van der Waals surface area contributed by atoms with Crippen molar-refractivity contribution >= 4 is 11.9 Å². The molecule has 2 rings (SSSR count). The van der Waals surface area contributed by atoms with Crippen LogP contribution in [0.1, 0.15) is 51.8 Å². The highest BCUT2D eigenvalue weighted by Crippen LogP contribution is 2.27. The van der Waals surface area contributed by atoms with E-state index in [0.29, 0.717) is 23.9 Å². The van der Waals surface area contributed by atoms with Crippen molar-refractivity contribution in [2.45, 2.75) is 52.0 Å². The van der Waals surface area contributed by atoms with Crippen molar-refractivity contribution in [2.75, 3.05) is 11.1 Å². The molecule has 0 amide bonds. The number of hydrogen-bond acceptors (Lipinski definition) is 5. The van der Waals surface area contributed by atoms with E-state index in [-0.39, 0.29) is 5.92 Å². The number of nitrogens with zero attached hydrogens (tertiary/aromatic N) is 3. The third kappa shape index (κ3) is 2.84. The Morgan fingerprint density at radius 3 is 2.59 bits per heavy atom. The van der Waals surface area contributed by atoms with Gasteiger partial charge in [-0.3, -0.25) is 0 Å². The van der Waals surface area contributed by atoms with E-state index in [2.05, 4.69) is 41.0 Å². The fraction of sp³-hybridized carbons (Fsp3) is 0.750. The van der Waals surface area contributed by atoms with E-state index in [1.54, 1.807) is 0 Å². The van der Waals surface area contributed by atoms with Gasteiger partial charge < -0.3 is 11.1 Å². The quantitative estimate of drug-likeness (QED) is 0.839. The highest BCUT2D eigenvalue weighted by Gasteiger charge is 2.24. The first-order valence-corrected chi connectivity index (χ1v) is 6.34. The molecule has 0 saturated heterocycles. The molecule has 5 heteroatoms. The lowest BCUT2D eigenvalue weighted by Crippen LogP contribution is -2.24. The molecule has 1 aliphatic rings. The van der Waals surface area contributed by atoms with E-state index in [1.807, 2.05) is 0 Å². The van der Waals surface area contributed by atoms with Gasteiger partial charge in [-0.25, -0.2) is 0 Å². The molecule has 2 unspecified atom stereocenters. The zero-order valence-electron chi connectivity index (χ0n) is 10.8. The first-order valence-electron chi connectivity index (χ1n) is 6.34. The van der Waals surface area contributed by atoms with Crippen LogP contribution in [0.4, 0.5) is 11.9 Å². The van der Waals surface area contributed by atoms with Gasteiger partial charge in [-0.2, -0.15) is 15.0 Å². The van der Waals surface area contributed by atoms with Crippen LogP contribution in [0.2, 0.25) is 0 Å². The molecule has 1 aliphatic carbocycles. The van der Waals surface area contributed by atoms with Crippen LogP contribution in [0.3, 0.4) is 0 Å². The predicted octanol–water partition coefficient (Wildman–Crippen LogP) is 2.18. The van der Waals surface area contributed by atoms with Crippen molar-refractivity contribution in [1.29, 1.82) is 0 Å². The molecule has 94 valence electrons. The van der Waals surface area contributed by atoms with Crippen LogP contribution in [0.5, 0.6) is 0 Å². The van der Waals surface area contributed by atoms with E-state index in [4.69, 9.17) is 5.73 Å². The Balaban J connectivity index is 2.15. The predicted molar refractivity (Wildman–Crippen MR) is 68.8 cm³/mol. The summed E-state index contributed by atoms with van der Waals surface area (Å²) in [5.41, 5.74) is 5.70. The van der Waals surface area contributed by atoms with E-state index in [0.717, 1.165) is 5.82 Å². The molecule has 1 aromatic rings. The lowest BCUT2D eigenvalue weighted by molar-refractivity contribution is 0.552. The highest BCUT2D eigenvalue weighted by atomic mass is 15.2. The summed E-state index contributed by atoms with van der Waals surface area (Å²) in [6.07, 6.45) is 3.73. The van der Waals surface area contributed by atoms with Crippen LogP contribution in [-0.2, 0) is 0 Å². The Morgan fingerprint density at radius 1 is 1.24 bits per heavy atom. The van der Waals surface area contributed by atoms with Gasteiger partial charge in [0.2, 0.25) is 11.9 Å². The molecule has 0 spiro atoms. The average molecular weight is 235 g/mol. The van der Waals surface area contributed by atoms with E-state index in [9.17, 15) is 0 Å². The second-order valence-electron chi connectivity index (χ2n) is 5.19. The molecule has 1 heterocycles. The largest absolute Gasteiger partial charge is 0.368 e. The van der Waals surface area contributed by atoms with Crippen molar-refractivity contribution < 1.29 is 0 Å². The fourth-order valence-corrected chi connectivity index (χ4v) is 2.26. The fourth-order valence-electron chi connectivity index (χ4n) is 2.26. The summed E-state index contributed by atoms with van der Waals surface area (Å²) in [7, 11) is 0. The molecule has 1 aromatic heterocycles. The maximum Gasteiger partial charge on any atom is 0.227 e. The van der Waals surface area contributed by atoms with Gasteiger partial charge in [0.15, 0.2) is 0 Å². The summed E-state index contributed by atoms with van der Waals surface area (Å²) in [5.74, 6) is 2.62. The molecular weight excluding hydrogens is 214 g/mol. The lowest BCUT2D eigenvalue weighted by Gasteiger charge is -2.17. The molecule has 0 aliphatic heterocycles. The maximum absolute atomic E-state index is 5.70. The maximum atomic E-state index is 5.70. The Morgan fingerprint density at radius 2 is 2.00 bits per heavy atom. The van der Waals surface area contributed by atoms with Gasteiger partial charge in [0.25, 0.3) is 0 Å². The number of nitrogens with one attached hydrogen (secondary N) is 1. The Labute approximate surface area is 102 Å². The lowest BCUT2D eigenvalue weighted by atomic mass is 10.1. The summed E-state index contributed by atoms with van der Waals surface area (Å²) in [6, 6.07) is 0.469. The number of rotatable bonds is 3. The summed E-state index contributed by atoms with van der Waals surface area (Å²) in [5, 5.41) is 3.38. The summed E-state index contributed by atoms with van der Waals surface area (Å²) in [6.45, 7) is 6.37. The number of hydrogen-bond donors (Lipinski definition) is 2. The molecule has 1 fully saturated rings. The average Bonchev–Trinajstić information content (AvgIpc) is 2.63. The molecule has 0 bridgehead atoms. The van der Waals surface area contributed by atoms with Crippen molar-refractivity contribution in [1.82, 2.24) is 15.0 Å². The molecule has 2 atom stereocenters. The van der Waals surface area contributed by atoms with Gasteiger partial charge in [-0.1, -0.05) is 27.2 Å². The van der Waals surface area contributed by atoms with Crippen LogP contribution in [-0.4, -0.2) is 21.0 Å². The molecular formula is C12H21N5. The minimum absolute atomic E-state index is 0.266. The normalized spacial score (nSPS) is 24.2. The van der Waals surface area contributed by atoms with Crippen molar-refractivity contribution in [3.63, 3.8) is 0 Å². The van der Waals surface area contributed by atoms with Crippen LogP contribution in [0, 0.1) is 5.92 Å². The van der Waals surface area contributed by atoms with Gasteiger partial charge in [0, 0.05) is 12.0 Å². The van der Waals surface area contributed by atoms with Crippen LogP contribution in [0.25, 0.3) is 0 Å². The summed E-state index contributed by atoms with van der Waals surface area (Å²) >= 11 is 0. The second-order valence-corrected chi connectivity index (χ2v) is 5.19. The molecule has 3 N–H and O–H groups in total. The number of nitrogens with two attached hydrogens (primary N) is 1. The molecule has 1 saturated carbocycles. The first kappa shape index (κ1) is 12.1. The molecule has 0 radical (unpaired) electrons. The van der Waals surface area contributed by atoms with Gasteiger partial charge in [0.1, 0.15) is 5.82 Å². The first-order chi connectivity index (χ1) is 8.06. The third-order valence-electron chi connectivity index (χ3n) is 3.36. The minimum Gasteiger partial charge on any atom is -0.368 e. The minimum atomic E-state index is 0.266. The van der Waals surface area contributed by atoms with Gasteiger partial charge in [-0.15, -0.1) is 0 Å². The number of aromatic nitrogens is 3. The molecule has 17 heavy (non-hydrogen) atoms. The molecule has 0 aromatic carbocycles. The van der Waals surface area contributed by atoms with Crippen molar-refractivity contribution in [3.8, 4) is 0 Å². The Bertz CT molecular complexity index is 390. The van der Waals surface area contributed by atoms with Crippen molar-refractivity contribution in [3.05, 3.63) is 5.82 Å². The standard InChI is InChI=1S/C12H21N5/c1-7(2)10-15-11(13)17-12(16-10)14-9-6-4-5-8(9)3/h7-9H,4-6H2,1-3H3,(H3,13,14,15,16,17). The Hall–Kier alpha value is -1.39. The number of anilines is 2. The zero-order valence-corrected chi connectivity index (χ0v) is 10.8. The van der Waals surface area contributed by atoms with Crippen LogP contribution in [0.15, 0.2) is 0 Å². The SMILES string of the molecule is CC(C)c1nc(N)nc(NC2CCCC2C)n1. The second kappa shape index (κ2) is 4.85. The topological polar surface area (TPSA) is 76.7 Å². The van der Waals surface area contributed by atoms with Gasteiger partial charge >= 0.3 is 0 Å². The zero-order chi connectivity index (χ0) is 12.4. The van der Waals surface area contributed by atoms with Gasteiger partial charge in [-0.05, 0) is 18.8 Å². The smallest absolute Gasteiger partial charge is 0.227 e. The summed E-state index contributed by atoms with van der Waals surface area (Å²) < 4.78 is 0. The number of nitrogen functional groups attached to an aromatic ring is 1. The van der Waals surface area contributed by atoms with E-state index in [1.165, 1.54) is 19.3 Å². The Kier molecular flexibility index (Phi) is 3.45. The third-order valence-corrected chi connectivity index (χ3v) is 3.36. The molecule has 5 nitrogen and oxygen atoms in total.